The Kier molecular flexibility index (Phi) is 6.70. The van der Waals surface area contributed by atoms with Crippen LogP contribution >= 0.6 is 0 Å². The zero-order valence-electron chi connectivity index (χ0n) is 15.4. The molecule has 0 bridgehead atoms. The molecule has 0 unspecified atom stereocenters. The van der Waals surface area contributed by atoms with Gasteiger partial charge in [0, 0.05) is 12.6 Å². The van der Waals surface area contributed by atoms with Crippen LogP contribution in [0.4, 0.5) is 5.69 Å². The quantitative estimate of drug-likeness (QED) is 0.707. The maximum absolute atomic E-state index is 12.4. The molecule has 2 aromatic carbocycles. The standard InChI is InChI=1S/C19H22N2O5S/c1-13-5-4-6-16(11-13)12-26-19(23)14(2)21-27(24,25)18-9-7-17(8-10-18)20-15(3)22/h4-11,14,21H,12H2,1-3H3,(H,20,22)/t14-/m0/s1. The summed E-state index contributed by atoms with van der Waals surface area (Å²) in [5.41, 5.74) is 2.35. The van der Waals surface area contributed by atoms with E-state index >= 15 is 0 Å². The number of rotatable bonds is 7. The highest BCUT2D eigenvalue weighted by Crippen LogP contribution is 2.15. The number of hydrogen-bond donors (Lipinski definition) is 2. The van der Waals surface area contributed by atoms with Crippen LogP contribution in [0.5, 0.6) is 0 Å². The summed E-state index contributed by atoms with van der Waals surface area (Å²) in [7, 11) is -3.90. The molecule has 2 aromatic rings. The lowest BCUT2D eigenvalue weighted by Gasteiger charge is -2.14. The van der Waals surface area contributed by atoms with Gasteiger partial charge < -0.3 is 10.1 Å². The molecule has 0 aliphatic heterocycles. The molecule has 0 aromatic heterocycles. The van der Waals surface area contributed by atoms with Crippen molar-refractivity contribution in [3.05, 3.63) is 59.7 Å². The second-order valence-electron chi connectivity index (χ2n) is 6.15. The molecular weight excluding hydrogens is 368 g/mol. The van der Waals surface area contributed by atoms with E-state index in [4.69, 9.17) is 4.74 Å². The first kappa shape index (κ1) is 20.6. The minimum atomic E-state index is -3.90. The fourth-order valence-electron chi connectivity index (χ4n) is 2.35. The Morgan fingerprint density at radius 2 is 1.78 bits per heavy atom. The number of sulfonamides is 1. The van der Waals surface area contributed by atoms with Gasteiger partial charge in [-0.15, -0.1) is 0 Å². The van der Waals surface area contributed by atoms with Crippen molar-refractivity contribution in [3.8, 4) is 0 Å². The van der Waals surface area contributed by atoms with Gasteiger partial charge in [0.25, 0.3) is 0 Å². The van der Waals surface area contributed by atoms with Crippen LogP contribution in [0.3, 0.4) is 0 Å². The minimum Gasteiger partial charge on any atom is -0.460 e. The zero-order chi connectivity index (χ0) is 20.0. The molecule has 2 rings (SSSR count). The number of anilines is 1. The maximum Gasteiger partial charge on any atom is 0.324 e. The average molecular weight is 390 g/mol. The normalized spacial score (nSPS) is 12.3. The number of aryl methyl sites for hydroxylation is 1. The van der Waals surface area contributed by atoms with Crippen molar-refractivity contribution in [2.24, 2.45) is 0 Å². The Morgan fingerprint density at radius 3 is 2.37 bits per heavy atom. The van der Waals surface area contributed by atoms with Gasteiger partial charge in [-0.2, -0.15) is 4.72 Å². The van der Waals surface area contributed by atoms with Crippen molar-refractivity contribution in [3.63, 3.8) is 0 Å². The Balaban J connectivity index is 1.97. The van der Waals surface area contributed by atoms with Crippen molar-refractivity contribution >= 4 is 27.6 Å². The van der Waals surface area contributed by atoms with Crippen LogP contribution in [0, 0.1) is 6.92 Å². The van der Waals surface area contributed by atoms with E-state index in [2.05, 4.69) is 10.0 Å². The number of hydrogen-bond acceptors (Lipinski definition) is 5. The van der Waals surface area contributed by atoms with E-state index < -0.39 is 22.0 Å². The van der Waals surface area contributed by atoms with E-state index in [-0.39, 0.29) is 17.4 Å². The molecule has 0 aliphatic rings. The molecule has 1 amide bonds. The third-order valence-corrected chi connectivity index (χ3v) is 5.19. The SMILES string of the molecule is CC(=O)Nc1ccc(S(=O)(=O)N[C@@H](C)C(=O)OCc2cccc(C)c2)cc1. The molecule has 0 saturated carbocycles. The fourth-order valence-corrected chi connectivity index (χ4v) is 3.54. The zero-order valence-corrected chi connectivity index (χ0v) is 16.2. The van der Waals surface area contributed by atoms with Gasteiger partial charge in [-0.1, -0.05) is 29.8 Å². The predicted molar refractivity (Wildman–Crippen MR) is 102 cm³/mol. The molecule has 0 aliphatic carbocycles. The van der Waals surface area contributed by atoms with E-state index in [1.165, 1.54) is 38.1 Å². The topological polar surface area (TPSA) is 102 Å². The van der Waals surface area contributed by atoms with Crippen LogP contribution in [0.25, 0.3) is 0 Å². The summed E-state index contributed by atoms with van der Waals surface area (Å²) in [6.45, 7) is 4.77. The largest absolute Gasteiger partial charge is 0.460 e. The summed E-state index contributed by atoms with van der Waals surface area (Å²) < 4.78 is 32.3. The van der Waals surface area contributed by atoms with E-state index in [0.29, 0.717) is 5.69 Å². The molecule has 144 valence electrons. The first-order chi connectivity index (χ1) is 12.7. The minimum absolute atomic E-state index is 0.0186. The summed E-state index contributed by atoms with van der Waals surface area (Å²) >= 11 is 0. The molecule has 1 atom stereocenters. The molecular formula is C19H22N2O5S. The lowest BCUT2D eigenvalue weighted by Crippen LogP contribution is -2.39. The van der Waals surface area contributed by atoms with Crippen LogP contribution < -0.4 is 10.0 Å². The van der Waals surface area contributed by atoms with Gasteiger partial charge >= 0.3 is 5.97 Å². The number of amides is 1. The Labute approximate surface area is 158 Å². The van der Waals surface area contributed by atoms with E-state index in [1.807, 2.05) is 31.2 Å². The van der Waals surface area contributed by atoms with Gasteiger partial charge in [-0.3, -0.25) is 9.59 Å². The van der Waals surface area contributed by atoms with Crippen LogP contribution in [-0.4, -0.2) is 26.3 Å². The van der Waals surface area contributed by atoms with Gasteiger partial charge in [0.05, 0.1) is 4.90 Å². The highest BCUT2D eigenvalue weighted by atomic mass is 32.2. The lowest BCUT2D eigenvalue weighted by atomic mass is 10.1. The highest BCUT2D eigenvalue weighted by molar-refractivity contribution is 7.89. The second-order valence-corrected chi connectivity index (χ2v) is 7.86. The van der Waals surface area contributed by atoms with Crippen molar-refractivity contribution in [2.75, 3.05) is 5.32 Å². The molecule has 2 N–H and O–H groups in total. The number of esters is 1. The fraction of sp³-hybridized carbons (Fsp3) is 0.263. The van der Waals surface area contributed by atoms with Crippen molar-refractivity contribution in [1.82, 2.24) is 4.72 Å². The van der Waals surface area contributed by atoms with Crippen LogP contribution in [0.15, 0.2) is 53.4 Å². The molecule has 0 saturated heterocycles. The number of carbonyl (C=O) groups excluding carboxylic acids is 2. The summed E-state index contributed by atoms with van der Waals surface area (Å²) in [6, 6.07) is 12.1. The first-order valence-corrected chi connectivity index (χ1v) is 9.78. The van der Waals surface area contributed by atoms with Gasteiger partial charge in [-0.05, 0) is 43.7 Å². The number of carbonyl (C=O) groups is 2. The van der Waals surface area contributed by atoms with Gasteiger partial charge in [0.2, 0.25) is 15.9 Å². The van der Waals surface area contributed by atoms with Crippen molar-refractivity contribution < 1.29 is 22.7 Å². The molecule has 8 heteroatoms. The summed E-state index contributed by atoms with van der Waals surface area (Å²) in [6.07, 6.45) is 0. The Bertz CT molecular complexity index is 923. The van der Waals surface area contributed by atoms with Crippen LogP contribution in [0.1, 0.15) is 25.0 Å². The first-order valence-electron chi connectivity index (χ1n) is 8.29. The van der Waals surface area contributed by atoms with Crippen molar-refractivity contribution in [1.29, 1.82) is 0 Å². The van der Waals surface area contributed by atoms with Crippen LogP contribution in [-0.2, 0) is 31.0 Å². The highest BCUT2D eigenvalue weighted by Gasteiger charge is 2.23. The molecule has 7 nitrogen and oxygen atoms in total. The molecule has 0 spiro atoms. The number of nitrogens with one attached hydrogen (secondary N) is 2. The van der Waals surface area contributed by atoms with Gasteiger partial charge in [0.15, 0.2) is 0 Å². The predicted octanol–water partition coefficient (Wildman–Crippen LogP) is 2.36. The summed E-state index contributed by atoms with van der Waals surface area (Å²) in [5.74, 6) is -0.927. The number of benzene rings is 2. The lowest BCUT2D eigenvalue weighted by molar-refractivity contribution is -0.146. The van der Waals surface area contributed by atoms with Gasteiger partial charge in [0.1, 0.15) is 12.6 Å². The average Bonchev–Trinajstić information content (AvgIpc) is 2.59. The van der Waals surface area contributed by atoms with Crippen molar-refractivity contribution in [2.45, 2.75) is 38.3 Å². The molecule has 0 fully saturated rings. The third-order valence-electron chi connectivity index (χ3n) is 3.63. The Morgan fingerprint density at radius 1 is 1.11 bits per heavy atom. The van der Waals surface area contributed by atoms with Crippen LogP contribution in [0.2, 0.25) is 0 Å². The number of ether oxygens (including phenoxy) is 1. The van der Waals surface area contributed by atoms with Gasteiger partial charge in [-0.25, -0.2) is 8.42 Å². The third kappa shape index (κ3) is 6.19. The second kappa shape index (κ2) is 8.79. The monoisotopic (exact) mass is 390 g/mol. The van der Waals surface area contributed by atoms with E-state index in [9.17, 15) is 18.0 Å². The van der Waals surface area contributed by atoms with E-state index in [1.54, 1.807) is 0 Å². The molecule has 27 heavy (non-hydrogen) atoms. The smallest absolute Gasteiger partial charge is 0.324 e. The summed E-state index contributed by atoms with van der Waals surface area (Å²) in [4.78, 5) is 23.1. The molecule has 0 radical (unpaired) electrons. The molecule has 0 heterocycles. The summed E-state index contributed by atoms with van der Waals surface area (Å²) in [5, 5.41) is 2.55. The van der Waals surface area contributed by atoms with E-state index in [0.717, 1.165) is 11.1 Å². The maximum atomic E-state index is 12.4. The Hall–Kier alpha value is -2.71.